The number of esters is 1. The molecule has 148 valence electrons. The number of cyclic esters (lactones) is 1. The van der Waals surface area contributed by atoms with Gasteiger partial charge < -0.3 is 9.72 Å². The maximum atomic E-state index is 13.3. The van der Waals surface area contributed by atoms with E-state index in [2.05, 4.69) is 9.97 Å². The van der Waals surface area contributed by atoms with Crippen molar-refractivity contribution in [3.8, 4) is 22.5 Å². The summed E-state index contributed by atoms with van der Waals surface area (Å²) >= 11 is 1.44. The molecule has 0 unspecified atom stereocenters. The SMILES string of the molecule is CC1=CC(=O)O[C@H](CSc2nc(-c3ccc(F)cc3)c(-c3ccc(F)cc3)[nH]2)C1. The summed E-state index contributed by atoms with van der Waals surface area (Å²) in [5.41, 5.74) is 3.88. The normalized spacial score (nSPS) is 16.4. The van der Waals surface area contributed by atoms with Gasteiger partial charge in [-0.05, 0) is 55.5 Å². The van der Waals surface area contributed by atoms with Crippen molar-refractivity contribution in [1.29, 1.82) is 0 Å². The largest absolute Gasteiger partial charge is 0.458 e. The van der Waals surface area contributed by atoms with Gasteiger partial charge in [-0.2, -0.15) is 0 Å². The van der Waals surface area contributed by atoms with Gasteiger partial charge in [-0.25, -0.2) is 18.6 Å². The molecule has 0 bridgehead atoms. The molecule has 1 aliphatic heterocycles. The molecule has 4 rings (SSSR count). The number of H-pyrrole nitrogens is 1. The van der Waals surface area contributed by atoms with Crippen molar-refractivity contribution in [2.45, 2.75) is 24.6 Å². The maximum absolute atomic E-state index is 13.3. The summed E-state index contributed by atoms with van der Waals surface area (Å²) in [6.45, 7) is 1.91. The first-order valence-corrected chi connectivity index (χ1v) is 10.1. The average Bonchev–Trinajstić information content (AvgIpc) is 3.11. The second-order valence-electron chi connectivity index (χ2n) is 6.84. The number of hydrogen-bond acceptors (Lipinski definition) is 4. The minimum absolute atomic E-state index is 0.217. The van der Waals surface area contributed by atoms with E-state index in [0.717, 1.165) is 22.4 Å². The third-order valence-electron chi connectivity index (χ3n) is 4.54. The molecule has 29 heavy (non-hydrogen) atoms. The molecule has 1 aromatic heterocycles. The Labute approximate surface area is 171 Å². The highest BCUT2D eigenvalue weighted by molar-refractivity contribution is 7.99. The van der Waals surface area contributed by atoms with Gasteiger partial charge in [0.1, 0.15) is 17.7 Å². The summed E-state index contributed by atoms with van der Waals surface area (Å²) in [4.78, 5) is 19.5. The van der Waals surface area contributed by atoms with Crippen LogP contribution in [0.3, 0.4) is 0 Å². The van der Waals surface area contributed by atoms with Crippen LogP contribution >= 0.6 is 11.8 Å². The first-order chi connectivity index (χ1) is 14.0. The highest BCUT2D eigenvalue weighted by atomic mass is 32.2. The number of ether oxygens (including phenoxy) is 1. The lowest BCUT2D eigenvalue weighted by molar-refractivity contribution is -0.143. The predicted molar refractivity (Wildman–Crippen MR) is 108 cm³/mol. The maximum Gasteiger partial charge on any atom is 0.331 e. The molecule has 0 aliphatic carbocycles. The van der Waals surface area contributed by atoms with Gasteiger partial charge in [-0.15, -0.1) is 0 Å². The zero-order chi connectivity index (χ0) is 20.4. The van der Waals surface area contributed by atoms with Crippen molar-refractivity contribution in [3.05, 3.63) is 71.8 Å². The fourth-order valence-corrected chi connectivity index (χ4v) is 4.05. The molecule has 0 fully saturated rings. The molecule has 0 radical (unpaired) electrons. The van der Waals surface area contributed by atoms with Gasteiger partial charge in [0.2, 0.25) is 0 Å². The summed E-state index contributed by atoms with van der Waals surface area (Å²) in [6, 6.07) is 12.2. The van der Waals surface area contributed by atoms with E-state index in [1.165, 1.54) is 42.1 Å². The minimum Gasteiger partial charge on any atom is -0.458 e. The van der Waals surface area contributed by atoms with Gasteiger partial charge in [-0.3, -0.25) is 0 Å². The number of benzene rings is 2. The monoisotopic (exact) mass is 412 g/mol. The van der Waals surface area contributed by atoms with Crippen LogP contribution in [0.15, 0.2) is 65.3 Å². The molecule has 0 saturated carbocycles. The molecular weight excluding hydrogens is 394 g/mol. The number of carbonyl (C=O) groups excluding carboxylic acids is 1. The Balaban J connectivity index is 1.62. The van der Waals surface area contributed by atoms with Gasteiger partial charge in [0, 0.05) is 29.4 Å². The second kappa shape index (κ2) is 8.21. The van der Waals surface area contributed by atoms with Crippen molar-refractivity contribution in [2.75, 3.05) is 5.75 Å². The molecule has 0 saturated heterocycles. The number of thioether (sulfide) groups is 1. The molecule has 2 aromatic carbocycles. The predicted octanol–water partition coefficient (Wildman–Crippen LogP) is 5.38. The van der Waals surface area contributed by atoms with Crippen molar-refractivity contribution in [2.24, 2.45) is 0 Å². The highest BCUT2D eigenvalue weighted by Crippen LogP contribution is 2.33. The van der Waals surface area contributed by atoms with Crippen LogP contribution in [0.5, 0.6) is 0 Å². The van der Waals surface area contributed by atoms with E-state index >= 15 is 0 Å². The number of hydrogen-bond donors (Lipinski definition) is 1. The molecule has 1 N–H and O–H groups in total. The number of aromatic nitrogens is 2. The van der Waals surface area contributed by atoms with E-state index < -0.39 is 0 Å². The number of nitrogens with one attached hydrogen (secondary N) is 1. The van der Waals surface area contributed by atoms with Crippen LogP contribution in [-0.4, -0.2) is 27.8 Å². The van der Waals surface area contributed by atoms with Crippen LogP contribution in [0.25, 0.3) is 22.5 Å². The van der Waals surface area contributed by atoms with E-state index in [4.69, 9.17) is 4.74 Å². The van der Waals surface area contributed by atoms with Crippen LogP contribution in [0.1, 0.15) is 13.3 Å². The van der Waals surface area contributed by atoms with Crippen molar-refractivity contribution < 1.29 is 18.3 Å². The Bertz CT molecular complexity index is 996. The molecule has 4 nitrogen and oxygen atoms in total. The standard InChI is InChI=1S/C22H18F2N2O2S/c1-13-10-18(28-19(27)11-13)12-29-22-25-20(14-2-6-16(23)7-3-14)21(26-22)15-4-8-17(24)9-5-15/h2-9,11,18H,10,12H2,1H3,(H,25,26)/t18-/m0/s1. The highest BCUT2D eigenvalue weighted by Gasteiger charge is 2.21. The number of carbonyl (C=O) groups is 1. The van der Waals surface area contributed by atoms with E-state index in [-0.39, 0.29) is 23.7 Å². The lowest BCUT2D eigenvalue weighted by atomic mass is 10.1. The topological polar surface area (TPSA) is 55.0 Å². The molecule has 0 amide bonds. The van der Waals surface area contributed by atoms with E-state index in [0.29, 0.717) is 23.0 Å². The molecule has 3 aromatic rings. The zero-order valence-corrected chi connectivity index (χ0v) is 16.4. The number of halogens is 2. The van der Waals surface area contributed by atoms with Gasteiger partial charge in [0.25, 0.3) is 0 Å². The van der Waals surface area contributed by atoms with Gasteiger partial charge in [0.15, 0.2) is 5.16 Å². The Morgan fingerprint density at radius 2 is 1.69 bits per heavy atom. The second-order valence-corrected chi connectivity index (χ2v) is 7.85. The lowest BCUT2D eigenvalue weighted by Gasteiger charge is -2.20. The molecule has 1 aliphatic rings. The van der Waals surface area contributed by atoms with E-state index in [1.807, 2.05) is 6.92 Å². The van der Waals surface area contributed by atoms with Gasteiger partial charge >= 0.3 is 5.97 Å². The first-order valence-electron chi connectivity index (χ1n) is 9.10. The van der Waals surface area contributed by atoms with E-state index in [1.54, 1.807) is 24.3 Å². The van der Waals surface area contributed by atoms with Crippen LogP contribution in [0, 0.1) is 11.6 Å². The molecule has 7 heteroatoms. The van der Waals surface area contributed by atoms with Gasteiger partial charge in [-0.1, -0.05) is 17.3 Å². The fraction of sp³-hybridized carbons (Fsp3) is 0.182. The smallest absolute Gasteiger partial charge is 0.331 e. The zero-order valence-electron chi connectivity index (χ0n) is 15.6. The summed E-state index contributed by atoms with van der Waals surface area (Å²) in [5.74, 6) is -0.424. The van der Waals surface area contributed by atoms with Crippen LogP contribution in [0.2, 0.25) is 0 Å². The third-order valence-corrected chi connectivity index (χ3v) is 5.54. The lowest BCUT2D eigenvalue weighted by Crippen LogP contribution is -2.24. The Morgan fingerprint density at radius 3 is 2.31 bits per heavy atom. The summed E-state index contributed by atoms with van der Waals surface area (Å²) < 4.78 is 32.0. The van der Waals surface area contributed by atoms with Crippen molar-refractivity contribution in [1.82, 2.24) is 9.97 Å². The minimum atomic E-state index is -0.329. The van der Waals surface area contributed by atoms with E-state index in [9.17, 15) is 13.6 Å². The number of nitrogens with zero attached hydrogens (tertiary/aromatic N) is 1. The summed E-state index contributed by atoms with van der Waals surface area (Å²) in [7, 11) is 0. The molecule has 2 heterocycles. The quantitative estimate of drug-likeness (QED) is 0.452. The Hall–Kier alpha value is -2.93. The Morgan fingerprint density at radius 1 is 1.07 bits per heavy atom. The summed E-state index contributed by atoms with van der Waals surface area (Å²) in [6.07, 6.45) is 1.98. The van der Waals surface area contributed by atoms with Crippen molar-refractivity contribution >= 4 is 17.7 Å². The Kier molecular flexibility index (Phi) is 5.49. The molecular formula is C22H18F2N2O2S. The number of imidazole rings is 1. The third kappa shape index (κ3) is 4.56. The first kappa shape index (κ1) is 19.4. The van der Waals surface area contributed by atoms with Gasteiger partial charge in [0.05, 0.1) is 11.4 Å². The molecule has 0 spiro atoms. The van der Waals surface area contributed by atoms with Crippen LogP contribution < -0.4 is 0 Å². The number of rotatable bonds is 5. The summed E-state index contributed by atoms with van der Waals surface area (Å²) in [5, 5.41) is 0.645. The molecule has 1 atom stereocenters. The van der Waals surface area contributed by atoms with Crippen molar-refractivity contribution in [3.63, 3.8) is 0 Å². The number of aromatic amines is 1. The average molecular weight is 412 g/mol. The van der Waals surface area contributed by atoms with Crippen LogP contribution in [0.4, 0.5) is 8.78 Å². The van der Waals surface area contributed by atoms with Crippen LogP contribution in [-0.2, 0) is 9.53 Å². The fourth-order valence-electron chi connectivity index (χ4n) is 3.19.